The SMILES string of the molecule is CCCCN1C(=O)c2cccc3c(N4CCCN(CC5CCC5)CC4)ccc1c23. The Labute approximate surface area is 174 Å². The van der Waals surface area contributed by atoms with E-state index in [1.54, 1.807) is 0 Å². The average molecular weight is 392 g/mol. The summed E-state index contributed by atoms with van der Waals surface area (Å²) in [4.78, 5) is 20.2. The van der Waals surface area contributed by atoms with E-state index in [9.17, 15) is 4.79 Å². The van der Waals surface area contributed by atoms with Gasteiger partial charge in [-0.05, 0) is 56.3 Å². The molecular weight excluding hydrogens is 358 g/mol. The molecular formula is C25H33N3O. The quantitative estimate of drug-likeness (QED) is 0.700. The van der Waals surface area contributed by atoms with Crippen molar-refractivity contribution in [3.63, 3.8) is 0 Å². The topological polar surface area (TPSA) is 26.8 Å². The fourth-order valence-corrected chi connectivity index (χ4v) is 5.28. The maximum atomic E-state index is 13.0. The Morgan fingerprint density at radius 1 is 0.966 bits per heavy atom. The molecule has 4 nitrogen and oxygen atoms in total. The lowest BCUT2D eigenvalue weighted by molar-refractivity contribution is 0.0993. The first kappa shape index (κ1) is 18.9. The second-order valence-corrected chi connectivity index (χ2v) is 9.08. The zero-order valence-corrected chi connectivity index (χ0v) is 17.7. The molecule has 1 saturated heterocycles. The summed E-state index contributed by atoms with van der Waals surface area (Å²) in [6, 6.07) is 10.7. The van der Waals surface area contributed by atoms with Crippen molar-refractivity contribution in [3.8, 4) is 0 Å². The van der Waals surface area contributed by atoms with Crippen LogP contribution in [0.5, 0.6) is 0 Å². The zero-order valence-electron chi connectivity index (χ0n) is 17.7. The molecule has 29 heavy (non-hydrogen) atoms. The summed E-state index contributed by atoms with van der Waals surface area (Å²) in [6.45, 7) is 8.85. The molecule has 0 aromatic heterocycles. The lowest BCUT2D eigenvalue weighted by atomic mass is 9.85. The number of anilines is 2. The van der Waals surface area contributed by atoms with Crippen LogP contribution in [0.2, 0.25) is 0 Å². The number of amides is 1. The second-order valence-electron chi connectivity index (χ2n) is 9.08. The highest BCUT2D eigenvalue weighted by Crippen LogP contribution is 2.42. The summed E-state index contributed by atoms with van der Waals surface area (Å²) in [6.07, 6.45) is 7.66. The van der Waals surface area contributed by atoms with Gasteiger partial charge in [0, 0.05) is 54.7 Å². The van der Waals surface area contributed by atoms with Gasteiger partial charge in [-0.15, -0.1) is 0 Å². The number of carbonyl (C=O) groups excluding carboxylic acids is 1. The number of hydrogen-bond donors (Lipinski definition) is 0. The van der Waals surface area contributed by atoms with Crippen LogP contribution in [-0.2, 0) is 0 Å². The Bertz CT molecular complexity index is 904. The molecule has 2 aliphatic heterocycles. The van der Waals surface area contributed by atoms with Crippen LogP contribution in [0.1, 0.15) is 55.8 Å². The van der Waals surface area contributed by atoms with Crippen LogP contribution < -0.4 is 9.80 Å². The Morgan fingerprint density at radius 3 is 2.62 bits per heavy atom. The minimum Gasteiger partial charge on any atom is -0.370 e. The predicted octanol–water partition coefficient (Wildman–Crippen LogP) is 4.91. The highest BCUT2D eigenvalue weighted by molar-refractivity contribution is 6.26. The number of carbonyl (C=O) groups is 1. The molecule has 3 aliphatic rings. The van der Waals surface area contributed by atoms with Crippen molar-refractivity contribution in [3.05, 3.63) is 35.9 Å². The molecule has 5 rings (SSSR count). The Hall–Kier alpha value is -2.07. The lowest BCUT2D eigenvalue weighted by Crippen LogP contribution is -2.35. The third-order valence-corrected chi connectivity index (χ3v) is 7.17. The standard InChI is InChI=1S/C25H33N3O/c1-2-3-15-28-23-12-11-22(20-9-5-10-21(24(20)23)25(28)29)27-14-6-13-26(16-17-27)18-19-7-4-8-19/h5,9-12,19H,2-4,6-8,13-18H2,1H3. The van der Waals surface area contributed by atoms with Crippen molar-refractivity contribution < 1.29 is 4.79 Å². The fourth-order valence-electron chi connectivity index (χ4n) is 5.28. The molecule has 154 valence electrons. The third-order valence-electron chi connectivity index (χ3n) is 7.17. The Morgan fingerprint density at radius 2 is 1.83 bits per heavy atom. The van der Waals surface area contributed by atoms with Crippen LogP contribution >= 0.6 is 0 Å². The van der Waals surface area contributed by atoms with Gasteiger partial charge in [0.2, 0.25) is 0 Å². The highest BCUT2D eigenvalue weighted by atomic mass is 16.2. The maximum Gasteiger partial charge on any atom is 0.258 e. The van der Waals surface area contributed by atoms with E-state index in [0.29, 0.717) is 0 Å². The molecule has 0 radical (unpaired) electrons. The van der Waals surface area contributed by atoms with Crippen LogP contribution in [0.25, 0.3) is 10.8 Å². The number of nitrogens with zero attached hydrogens (tertiary/aromatic N) is 3. The molecule has 0 atom stereocenters. The third kappa shape index (κ3) is 3.42. The van der Waals surface area contributed by atoms with Crippen LogP contribution in [0.15, 0.2) is 30.3 Å². The first-order valence-corrected chi connectivity index (χ1v) is 11.6. The van der Waals surface area contributed by atoms with Gasteiger partial charge in [-0.25, -0.2) is 0 Å². The van der Waals surface area contributed by atoms with Crippen LogP contribution in [0.4, 0.5) is 11.4 Å². The molecule has 0 unspecified atom stereocenters. The smallest absolute Gasteiger partial charge is 0.258 e. The molecule has 2 aromatic rings. The minimum absolute atomic E-state index is 0.179. The van der Waals surface area contributed by atoms with Gasteiger partial charge < -0.3 is 14.7 Å². The maximum absolute atomic E-state index is 13.0. The molecule has 1 saturated carbocycles. The van der Waals surface area contributed by atoms with E-state index < -0.39 is 0 Å². The summed E-state index contributed by atoms with van der Waals surface area (Å²) in [5.74, 6) is 1.12. The van der Waals surface area contributed by atoms with Gasteiger partial charge in [0.05, 0.1) is 5.69 Å². The van der Waals surface area contributed by atoms with Crippen LogP contribution in [-0.4, -0.2) is 50.1 Å². The van der Waals surface area contributed by atoms with Crippen molar-refractivity contribution in [1.29, 1.82) is 0 Å². The Balaban J connectivity index is 1.42. The van der Waals surface area contributed by atoms with Gasteiger partial charge in [0.15, 0.2) is 0 Å². The molecule has 2 aromatic carbocycles. The number of rotatable bonds is 6. The summed E-state index contributed by atoms with van der Waals surface area (Å²) in [7, 11) is 0. The summed E-state index contributed by atoms with van der Waals surface area (Å²) in [5.41, 5.74) is 3.30. The summed E-state index contributed by atoms with van der Waals surface area (Å²) in [5, 5.41) is 2.42. The van der Waals surface area contributed by atoms with Crippen molar-refractivity contribution in [2.45, 2.75) is 45.4 Å². The summed E-state index contributed by atoms with van der Waals surface area (Å²) < 4.78 is 0. The zero-order chi connectivity index (χ0) is 19.8. The lowest BCUT2D eigenvalue weighted by Gasteiger charge is -2.31. The van der Waals surface area contributed by atoms with Gasteiger partial charge >= 0.3 is 0 Å². The Kier molecular flexibility index (Phi) is 5.21. The van der Waals surface area contributed by atoms with Crippen LogP contribution in [0, 0.1) is 5.92 Å². The van der Waals surface area contributed by atoms with E-state index in [4.69, 9.17) is 0 Å². The predicted molar refractivity (Wildman–Crippen MR) is 121 cm³/mol. The van der Waals surface area contributed by atoms with E-state index in [0.717, 1.165) is 56.2 Å². The van der Waals surface area contributed by atoms with Gasteiger partial charge in [-0.1, -0.05) is 31.9 Å². The molecule has 0 bridgehead atoms. The van der Waals surface area contributed by atoms with E-state index in [-0.39, 0.29) is 5.91 Å². The van der Waals surface area contributed by atoms with E-state index >= 15 is 0 Å². The molecule has 0 N–H and O–H groups in total. The average Bonchev–Trinajstić information content (AvgIpc) is 2.85. The molecule has 0 spiro atoms. The van der Waals surface area contributed by atoms with Gasteiger partial charge in [0.25, 0.3) is 5.91 Å². The first-order valence-electron chi connectivity index (χ1n) is 11.6. The molecule has 2 heterocycles. The minimum atomic E-state index is 0.179. The van der Waals surface area contributed by atoms with E-state index in [1.165, 1.54) is 55.2 Å². The number of unbranched alkanes of at least 4 members (excludes halogenated alkanes) is 1. The number of benzene rings is 2. The van der Waals surface area contributed by atoms with Gasteiger partial charge in [-0.3, -0.25) is 4.79 Å². The first-order chi connectivity index (χ1) is 14.3. The van der Waals surface area contributed by atoms with Gasteiger partial charge in [-0.2, -0.15) is 0 Å². The van der Waals surface area contributed by atoms with E-state index in [2.05, 4.69) is 41.0 Å². The molecule has 4 heteroatoms. The summed E-state index contributed by atoms with van der Waals surface area (Å²) >= 11 is 0. The normalized spacial score (nSPS) is 20.4. The monoisotopic (exact) mass is 391 g/mol. The van der Waals surface area contributed by atoms with Crippen molar-refractivity contribution in [2.75, 3.05) is 49.1 Å². The van der Waals surface area contributed by atoms with E-state index in [1.807, 2.05) is 11.0 Å². The van der Waals surface area contributed by atoms with Crippen molar-refractivity contribution in [1.82, 2.24) is 4.90 Å². The molecule has 2 fully saturated rings. The largest absolute Gasteiger partial charge is 0.370 e. The molecule has 1 aliphatic carbocycles. The van der Waals surface area contributed by atoms with Crippen molar-refractivity contribution in [2.24, 2.45) is 5.92 Å². The second kappa shape index (κ2) is 7.98. The molecule has 1 amide bonds. The van der Waals surface area contributed by atoms with Crippen molar-refractivity contribution >= 4 is 28.1 Å². The number of hydrogen-bond acceptors (Lipinski definition) is 3. The van der Waals surface area contributed by atoms with Gasteiger partial charge in [0.1, 0.15) is 0 Å². The fraction of sp³-hybridized carbons (Fsp3) is 0.560. The van der Waals surface area contributed by atoms with Crippen LogP contribution in [0.3, 0.4) is 0 Å². The highest BCUT2D eigenvalue weighted by Gasteiger charge is 2.31.